The predicted molar refractivity (Wildman–Crippen MR) is 67.2 cm³/mol. The highest BCUT2D eigenvalue weighted by molar-refractivity contribution is 4.82. The monoisotopic (exact) mass is 212 g/mol. The topological polar surface area (TPSA) is 6.48 Å². The molecule has 1 heterocycles. The molecule has 1 fully saturated rings. The number of hydrogen-bond donors (Lipinski definition) is 0. The Labute approximate surface area is 95.6 Å². The smallest absolute Gasteiger partial charge is 0.0125 e. The second kappa shape index (κ2) is 5.31. The van der Waals surface area contributed by atoms with Crippen LogP contribution in [0.15, 0.2) is 0 Å². The van der Waals surface area contributed by atoms with E-state index in [0.29, 0.717) is 5.54 Å². The summed E-state index contributed by atoms with van der Waals surface area (Å²) in [4.78, 5) is 4.95. The van der Waals surface area contributed by atoms with Crippen LogP contribution in [0.5, 0.6) is 0 Å². The van der Waals surface area contributed by atoms with Gasteiger partial charge in [0.05, 0.1) is 0 Å². The largest absolute Gasteiger partial charge is 0.309 e. The van der Waals surface area contributed by atoms with Gasteiger partial charge in [-0.3, -0.25) is 4.90 Å². The Hall–Kier alpha value is -0.0800. The summed E-state index contributed by atoms with van der Waals surface area (Å²) >= 11 is 0. The van der Waals surface area contributed by atoms with Gasteiger partial charge in [-0.05, 0) is 73.1 Å². The van der Waals surface area contributed by atoms with E-state index in [9.17, 15) is 0 Å². The maximum Gasteiger partial charge on any atom is 0.0125 e. The first-order valence-electron chi connectivity index (χ1n) is 6.29. The third-order valence-corrected chi connectivity index (χ3v) is 3.45. The Morgan fingerprint density at radius 3 is 2.47 bits per heavy atom. The van der Waals surface area contributed by atoms with E-state index in [1.54, 1.807) is 0 Å². The first-order chi connectivity index (χ1) is 6.89. The lowest BCUT2D eigenvalue weighted by molar-refractivity contribution is 0.0738. The zero-order valence-electron chi connectivity index (χ0n) is 11.2. The Morgan fingerprint density at radius 1 is 1.27 bits per heavy atom. The van der Waals surface area contributed by atoms with Crippen LogP contribution in [-0.4, -0.2) is 49.1 Å². The molecule has 90 valence electrons. The fourth-order valence-electron chi connectivity index (χ4n) is 2.35. The van der Waals surface area contributed by atoms with Gasteiger partial charge in [0, 0.05) is 12.1 Å². The Kier molecular flexibility index (Phi) is 4.60. The minimum Gasteiger partial charge on any atom is -0.309 e. The van der Waals surface area contributed by atoms with Crippen molar-refractivity contribution >= 4 is 0 Å². The van der Waals surface area contributed by atoms with Crippen molar-refractivity contribution in [3.63, 3.8) is 0 Å². The number of likely N-dealkylation sites (tertiary alicyclic amines) is 1. The molecule has 15 heavy (non-hydrogen) atoms. The van der Waals surface area contributed by atoms with Crippen LogP contribution in [0.1, 0.15) is 40.0 Å². The molecule has 0 aromatic carbocycles. The van der Waals surface area contributed by atoms with E-state index in [1.807, 2.05) is 0 Å². The van der Waals surface area contributed by atoms with Crippen LogP contribution in [-0.2, 0) is 0 Å². The molecule has 2 nitrogen and oxygen atoms in total. The zero-order valence-corrected chi connectivity index (χ0v) is 11.2. The van der Waals surface area contributed by atoms with Gasteiger partial charge in [0.25, 0.3) is 0 Å². The summed E-state index contributed by atoms with van der Waals surface area (Å²) in [5.74, 6) is 0.917. The lowest BCUT2D eigenvalue weighted by atomic mass is 9.91. The summed E-state index contributed by atoms with van der Waals surface area (Å²) < 4.78 is 0. The highest BCUT2D eigenvalue weighted by atomic mass is 15.2. The molecule has 0 amide bonds. The molecule has 1 unspecified atom stereocenters. The fraction of sp³-hybridized carbons (Fsp3) is 1.00. The van der Waals surface area contributed by atoms with Crippen LogP contribution < -0.4 is 0 Å². The summed E-state index contributed by atoms with van der Waals surface area (Å²) in [6.07, 6.45) is 4.18. The van der Waals surface area contributed by atoms with Gasteiger partial charge in [-0.15, -0.1) is 0 Å². The van der Waals surface area contributed by atoms with Crippen molar-refractivity contribution in [3.8, 4) is 0 Å². The van der Waals surface area contributed by atoms with Crippen LogP contribution in [0.2, 0.25) is 0 Å². The average Bonchev–Trinajstić information content (AvgIpc) is 2.14. The van der Waals surface area contributed by atoms with Gasteiger partial charge < -0.3 is 4.90 Å². The predicted octanol–water partition coefficient (Wildman–Crippen LogP) is 2.45. The number of hydrogen-bond acceptors (Lipinski definition) is 2. The molecule has 0 aromatic rings. The van der Waals surface area contributed by atoms with E-state index in [2.05, 4.69) is 44.7 Å². The molecule has 0 N–H and O–H groups in total. The molecular formula is C13H28N2. The van der Waals surface area contributed by atoms with Gasteiger partial charge >= 0.3 is 0 Å². The van der Waals surface area contributed by atoms with E-state index < -0.39 is 0 Å². The summed E-state index contributed by atoms with van der Waals surface area (Å²) in [6.45, 7) is 10.8. The normalized spacial score (nSPS) is 24.8. The zero-order chi connectivity index (χ0) is 11.5. The summed E-state index contributed by atoms with van der Waals surface area (Å²) in [7, 11) is 4.34. The molecule has 2 heteroatoms. The van der Waals surface area contributed by atoms with E-state index in [1.165, 1.54) is 38.9 Å². The van der Waals surface area contributed by atoms with Gasteiger partial charge in [0.1, 0.15) is 0 Å². The lowest BCUT2D eigenvalue weighted by Crippen LogP contribution is -2.47. The molecule has 0 aliphatic carbocycles. The summed E-state index contributed by atoms with van der Waals surface area (Å²) in [6, 6.07) is 0. The van der Waals surface area contributed by atoms with Crippen LogP contribution in [0.25, 0.3) is 0 Å². The van der Waals surface area contributed by atoms with Gasteiger partial charge in [-0.1, -0.05) is 0 Å². The molecule has 1 saturated heterocycles. The Morgan fingerprint density at radius 2 is 1.93 bits per heavy atom. The minimum absolute atomic E-state index is 0.358. The summed E-state index contributed by atoms with van der Waals surface area (Å²) in [5.41, 5.74) is 0.358. The Balaban J connectivity index is 2.36. The van der Waals surface area contributed by atoms with Crippen LogP contribution in [0.4, 0.5) is 0 Å². The molecule has 0 aromatic heterocycles. The van der Waals surface area contributed by atoms with Crippen molar-refractivity contribution < 1.29 is 0 Å². The SMILES string of the molecule is CN(C)CCC1CCCN(C(C)(C)C)C1. The maximum atomic E-state index is 2.65. The van der Waals surface area contributed by atoms with Crippen molar-refractivity contribution in [3.05, 3.63) is 0 Å². The van der Waals surface area contributed by atoms with Crippen molar-refractivity contribution in [2.24, 2.45) is 5.92 Å². The highest BCUT2D eigenvalue weighted by Gasteiger charge is 2.27. The first-order valence-corrected chi connectivity index (χ1v) is 6.29. The van der Waals surface area contributed by atoms with Gasteiger partial charge in [0.2, 0.25) is 0 Å². The molecule has 0 radical (unpaired) electrons. The van der Waals surface area contributed by atoms with Crippen molar-refractivity contribution in [1.29, 1.82) is 0 Å². The maximum absolute atomic E-state index is 2.65. The third kappa shape index (κ3) is 4.52. The summed E-state index contributed by atoms with van der Waals surface area (Å²) in [5, 5.41) is 0. The van der Waals surface area contributed by atoms with E-state index in [-0.39, 0.29) is 0 Å². The quantitative estimate of drug-likeness (QED) is 0.709. The fourth-order valence-corrected chi connectivity index (χ4v) is 2.35. The number of nitrogens with zero attached hydrogens (tertiary/aromatic N) is 2. The van der Waals surface area contributed by atoms with Gasteiger partial charge in [-0.25, -0.2) is 0 Å². The average molecular weight is 212 g/mol. The molecule has 1 atom stereocenters. The molecule has 1 aliphatic heterocycles. The molecular weight excluding hydrogens is 184 g/mol. The molecule has 0 bridgehead atoms. The highest BCUT2D eigenvalue weighted by Crippen LogP contribution is 2.25. The second-order valence-electron chi connectivity index (χ2n) is 6.22. The van der Waals surface area contributed by atoms with Crippen LogP contribution >= 0.6 is 0 Å². The molecule has 0 spiro atoms. The number of rotatable bonds is 3. The Bertz CT molecular complexity index is 181. The van der Waals surface area contributed by atoms with Crippen LogP contribution in [0, 0.1) is 5.92 Å². The molecule has 1 rings (SSSR count). The molecule has 0 saturated carbocycles. The standard InChI is InChI=1S/C13H28N2/c1-13(2,3)15-9-6-7-12(11-15)8-10-14(4)5/h12H,6-11H2,1-5H3. The first kappa shape index (κ1) is 13.0. The van der Waals surface area contributed by atoms with E-state index in [0.717, 1.165) is 5.92 Å². The van der Waals surface area contributed by atoms with Crippen molar-refractivity contribution in [2.45, 2.75) is 45.6 Å². The second-order valence-corrected chi connectivity index (χ2v) is 6.22. The lowest BCUT2D eigenvalue weighted by Gasteiger charge is -2.41. The van der Waals surface area contributed by atoms with E-state index in [4.69, 9.17) is 0 Å². The van der Waals surface area contributed by atoms with Crippen molar-refractivity contribution in [1.82, 2.24) is 9.80 Å². The van der Waals surface area contributed by atoms with Gasteiger partial charge in [-0.2, -0.15) is 0 Å². The minimum atomic E-state index is 0.358. The van der Waals surface area contributed by atoms with Crippen LogP contribution in [0.3, 0.4) is 0 Å². The number of piperidine rings is 1. The van der Waals surface area contributed by atoms with Gasteiger partial charge in [0.15, 0.2) is 0 Å². The van der Waals surface area contributed by atoms with Crippen molar-refractivity contribution in [2.75, 3.05) is 33.7 Å². The third-order valence-electron chi connectivity index (χ3n) is 3.45. The van der Waals surface area contributed by atoms with E-state index >= 15 is 0 Å². The molecule has 1 aliphatic rings.